The van der Waals surface area contributed by atoms with Gasteiger partial charge in [0.05, 0.1) is 45.7 Å². The first-order chi connectivity index (χ1) is 16.8. The molecule has 0 radical (unpaired) electrons. The first-order valence-electron chi connectivity index (χ1n) is 13.0. The third kappa shape index (κ3) is 17.3. The number of rotatable bonds is 24. The molecule has 10 nitrogen and oxygen atoms in total. The first kappa shape index (κ1) is 34.1. The van der Waals surface area contributed by atoms with E-state index in [0.717, 1.165) is 51.4 Å². The van der Waals surface area contributed by atoms with E-state index >= 15 is 0 Å². The lowest BCUT2D eigenvalue weighted by Crippen LogP contribution is -2.47. The van der Waals surface area contributed by atoms with Crippen LogP contribution in [0, 0.1) is 0 Å². The Bertz CT molecular complexity index is 493. The lowest BCUT2D eigenvalue weighted by atomic mass is 9.95. The molecule has 0 saturated heterocycles. The Kier molecular flexibility index (Phi) is 21.8. The molecule has 6 N–H and O–H groups in total. The van der Waals surface area contributed by atoms with Crippen LogP contribution in [0.25, 0.3) is 0 Å². The molecule has 0 aliphatic rings. The fourth-order valence-electron chi connectivity index (χ4n) is 3.74. The molecular formula is C25H50O10. The number of esters is 1. The molecule has 6 atom stereocenters. The number of hydrogen-bond donors (Lipinski definition) is 6. The van der Waals surface area contributed by atoms with Crippen molar-refractivity contribution in [2.24, 2.45) is 0 Å². The van der Waals surface area contributed by atoms with Crippen LogP contribution in [0.3, 0.4) is 0 Å². The third-order valence-electron chi connectivity index (χ3n) is 5.98. The predicted octanol–water partition coefficient (Wildman–Crippen LogP) is 1.06. The van der Waals surface area contributed by atoms with Crippen LogP contribution in [-0.4, -0.2) is 107 Å². The largest absolute Gasteiger partial charge is 0.469 e. The van der Waals surface area contributed by atoms with E-state index in [9.17, 15) is 25.2 Å². The van der Waals surface area contributed by atoms with Crippen molar-refractivity contribution in [2.75, 3.05) is 33.5 Å². The van der Waals surface area contributed by atoms with Crippen molar-refractivity contribution in [2.45, 2.75) is 121 Å². The minimum atomic E-state index is -1.30. The van der Waals surface area contributed by atoms with Crippen LogP contribution >= 0.6 is 0 Å². The molecule has 10 heteroatoms. The lowest BCUT2D eigenvalue weighted by molar-refractivity contribution is -0.156. The molecule has 0 rings (SSSR count). The standard InChI is InChI=1S/C25H50O10/c1-3-4-5-9-12-21(34-17-19(28)15-26)24(31)25(32)22(35-18-20(29)16-27)13-10-7-6-8-11-14-23(30)33-2/h19-22,24-29,31-32H,3-18H2,1-2H3. The molecule has 0 fully saturated rings. The zero-order valence-corrected chi connectivity index (χ0v) is 21.6. The van der Waals surface area contributed by atoms with Crippen molar-refractivity contribution in [1.29, 1.82) is 0 Å². The third-order valence-corrected chi connectivity index (χ3v) is 5.98. The summed E-state index contributed by atoms with van der Waals surface area (Å²) in [6.45, 7) is 0.792. The summed E-state index contributed by atoms with van der Waals surface area (Å²) in [4.78, 5) is 11.2. The minimum absolute atomic E-state index is 0.168. The molecule has 6 unspecified atom stereocenters. The van der Waals surface area contributed by atoms with E-state index in [2.05, 4.69) is 11.7 Å². The van der Waals surface area contributed by atoms with Gasteiger partial charge in [-0.3, -0.25) is 4.79 Å². The maximum atomic E-state index is 11.2. The predicted molar refractivity (Wildman–Crippen MR) is 131 cm³/mol. The van der Waals surface area contributed by atoms with Crippen LogP contribution in [0.5, 0.6) is 0 Å². The highest BCUT2D eigenvalue weighted by molar-refractivity contribution is 5.68. The maximum absolute atomic E-state index is 11.2. The maximum Gasteiger partial charge on any atom is 0.305 e. The van der Waals surface area contributed by atoms with E-state index < -0.39 is 49.8 Å². The molecule has 0 aliphatic carbocycles. The Morgan fingerprint density at radius 2 is 1.11 bits per heavy atom. The van der Waals surface area contributed by atoms with Crippen molar-refractivity contribution in [3.8, 4) is 0 Å². The summed E-state index contributed by atoms with van der Waals surface area (Å²) in [6, 6.07) is 0. The number of carbonyl (C=O) groups excluding carboxylic acids is 1. The fourth-order valence-corrected chi connectivity index (χ4v) is 3.74. The number of ether oxygens (including phenoxy) is 3. The molecule has 0 aromatic heterocycles. The quantitative estimate of drug-likeness (QED) is 0.0816. The van der Waals surface area contributed by atoms with E-state index in [1.807, 2.05) is 0 Å². The molecule has 0 spiro atoms. The van der Waals surface area contributed by atoms with Gasteiger partial charge in [-0.05, 0) is 19.3 Å². The van der Waals surface area contributed by atoms with Gasteiger partial charge < -0.3 is 44.8 Å². The molecule has 0 aromatic rings. The van der Waals surface area contributed by atoms with Crippen LogP contribution in [0.1, 0.15) is 84.0 Å². The molecule has 0 aromatic carbocycles. The molecule has 35 heavy (non-hydrogen) atoms. The summed E-state index contributed by atoms with van der Waals surface area (Å²) in [5.41, 5.74) is 0. The topological polar surface area (TPSA) is 166 Å². The lowest BCUT2D eigenvalue weighted by Gasteiger charge is -2.32. The minimum Gasteiger partial charge on any atom is -0.469 e. The number of carbonyl (C=O) groups is 1. The van der Waals surface area contributed by atoms with E-state index in [1.54, 1.807) is 0 Å². The Morgan fingerprint density at radius 3 is 1.54 bits per heavy atom. The average Bonchev–Trinajstić information content (AvgIpc) is 2.87. The number of unbranched alkanes of at least 4 members (excludes halogenated alkanes) is 7. The van der Waals surface area contributed by atoms with Gasteiger partial charge in [-0.2, -0.15) is 0 Å². The summed E-state index contributed by atoms with van der Waals surface area (Å²) in [7, 11) is 1.37. The second-order valence-corrected chi connectivity index (χ2v) is 9.13. The van der Waals surface area contributed by atoms with Crippen molar-refractivity contribution in [1.82, 2.24) is 0 Å². The van der Waals surface area contributed by atoms with Gasteiger partial charge in [-0.25, -0.2) is 0 Å². The highest BCUT2D eigenvalue weighted by Crippen LogP contribution is 2.21. The van der Waals surface area contributed by atoms with Crippen LogP contribution in [0.4, 0.5) is 0 Å². The average molecular weight is 511 g/mol. The van der Waals surface area contributed by atoms with Gasteiger partial charge in [0.25, 0.3) is 0 Å². The van der Waals surface area contributed by atoms with Gasteiger partial charge in [-0.15, -0.1) is 0 Å². The number of aliphatic hydroxyl groups is 6. The van der Waals surface area contributed by atoms with Crippen molar-refractivity contribution in [3.63, 3.8) is 0 Å². The van der Waals surface area contributed by atoms with Gasteiger partial charge in [0.1, 0.15) is 24.4 Å². The fraction of sp³-hybridized carbons (Fsp3) is 0.960. The van der Waals surface area contributed by atoms with E-state index in [-0.39, 0.29) is 19.2 Å². The van der Waals surface area contributed by atoms with E-state index in [1.165, 1.54) is 7.11 Å². The van der Waals surface area contributed by atoms with Crippen molar-refractivity contribution >= 4 is 5.97 Å². The van der Waals surface area contributed by atoms with E-state index in [0.29, 0.717) is 25.7 Å². The van der Waals surface area contributed by atoms with Gasteiger partial charge in [0.15, 0.2) is 0 Å². The van der Waals surface area contributed by atoms with Gasteiger partial charge in [-0.1, -0.05) is 58.3 Å². The zero-order chi connectivity index (χ0) is 26.5. The monoisotopic (exact) mass is 510 g/mol. The zero-order valence-electron chi connectivity index (χ0n) is 21.6. The molecule has 0 bridgehead atoms. The number of aliphatic hydroxyl groups excluding tert-OH is 6. The van der Waals surface area contributed by atoms with Crippen LogP contribution in [-0.2, 0) is 19.0 Å². The summed E-state index contributed by atoms with van der Waals surface area (Å²) in [5, 5.41) is 59.3. The second kappa shape index (κ2) is 22.4. The van der Waals surface area contributed by atoms with E-state index in [4.69, 9.17) is 19.7 Å². The van der Waals surface area contributed by atoms with Crippen LogP contribution < -0.4 is 0 Å². The van der Waals surface area contributed by atoms with Crippen LogP contribution in [0.2, 0.25) is 0 Å². The molecule has 0 heterocycles. The molecule has 0 saturated carbocycles. The molecule has 0 aliphatic heterocycles. The van der Waals surface area contributed by atoms with Crippen LogP contribution in [0.15, 0.2) is 0 Å². The summed E-state index contributed by atoms with van der Waals surface area (Å²) in [5.74, 6) is -0.226. The number of hydrogen-bond acceptors (Lipinski definition) is 10. The Labute approximate surface area is 210 Å². The summed E-state index contributed by atoms with van der Waals surface area (Å²) >= 11 is 0. The van der Waals surface area contributed by atoms with Gasteiger partial charge in [0.2, 0.25) is 0 Å². The molecular weight excluding hydrogens is 460 g/mol. The van der Waals surface area contributed by atoms with Gasteiger partial charge in [0, 0.05) is 6.42 Å². The Hall–Kier alpha value is -0.850. The SMILES string of the molecule is CCCCCCC(OCC(O)CO)C(O)C(O)C(CCCCCCCC(=O)OC)OCC(O)CO. The first-order valence-corrected chi connectivity index (χ1v) is 13.0. The highest BCUT2D eigenvalue weighted by atomic mass is 16.5. The second-order valence-electron chi connectivity index (χ2n) is 9.13. The van der Waals surface area contributed by atoms with Crippen molar-refractivity contribution in [3.05, 3.63) is 0 Å². The van der Waals surface area contributed by atoms with Gasteiger partial charge >= 0.3 is 5.97 Å². The summed E-state index contributed by atoms with van der Waals surface area (Å²) in [6.07, 6.45) is 2.83. The molecule has 210 valence electrons. The summed E-state index contributed by atoms with van der Waals surface area (Å²) < 4.78 is 15.9. The molecule has 0 amide bonds. The number of methoxy groups -OCH3 is 1. The Balaban J connectivity index is 4.93. The Morgan fingerprint density at radius 1 is 0.686 bits per heavy atom. The van der Waals surface area contributed by atoms with Crippen molar-refractivity contribution < 1.29 is 49.6 Å². The smallest absolute Gasteiger partial charge is 0.305 e. The normalized spacial score (nSPS) is 16.9. The highest BCUT2D eigenvalue weighted by Gasteiger charge is 2.33.